The molecule has 0 bridgehead atoms. The summed E-state index contributed by atoms with van der Waals surface area (Å²) >= 11 is 5.85. The third-order valence-corrected chi connectivity index (χ3v) is 5.03. The number of aliphatic imine (C=N–C) groups is 1. The number of carbonyl (C=O) groups excluding carboxylic acids is 1. The van der Waals surface area contributed by atoms with E-state index < -0.39 is 10.9 Å². The molecule has 0 N–H and O–H groups in total. The van der Waals surface area contributed by atoms with Gasteiger partial charge in [-0.25, -0.2) is 9.79 Å². The van der Waals surface area contributed by atoms with Gasteiger partial charge in [0.05, 0.1) is 11.5 Å². The molecule has 1 aliphatic heterocycles. The maximum Gasteiger partial charge on any atom is 0.363 e. The molecule has 0 saturated heterocycles. The van der Waals surface area contributed by atoms with Crippen molar-refractivity contribution < 1.29 is 19.2 Å². The van der Waals surface area contributed by atoms with Gasteiger partial charge in [0.25, 0.3) is 5.69 Å². The van der Waals surface area contributed by atoms with Gasteiger partial charge in [-0.1, -0.05) is 60.1 Å². The van der Waals surface area contributed by atoms with E-state index in [1.54, 1.807) is 12.1 Å². The highest BCUT2D eigenvalue weighted by Gasteiger charge is 2.26. The van der Waals surface area contributed by atoms with Gasteiger partial charge in [0, 0.05) is 23.6 Å². The average molecular weight is 449 g/mol. The molecule has 3 aromatic rings. The Bertz CT molecular complexity index is 1240. The predicted molar refractivity (Wildman–Crippen MR) is 121 cm³/mol. The second-order valence-electron chi connectivity index (χ2n) is 6.88. The van der Waals surface area contributed by atoms with E-state index in [0.29, 0.717) is 17.9 Å². The third kappa shape index (κ3) is 4.84. The van der Waals surface area contributed by atoms with Gasteiger partial charge in [-0.15, -0.1) is 0 Å². The Hall–Kier alpha value is -3.97. The molecule has 0 aromatic heterocycles. The Morgan fingerprint density at radius 2 is 1.81 bits per heavy atom. The zero-order valence-electron chi connectivity index (χ0n) is 16.7. The summed E-state index contributed by atoms with van der Waals surface area (Å²) in [6, 6.07) is 21.3. The largest absolute Gasteiger partial charge is 0.493 e. The monoisotopic (exact) mass is 448 g/mol. The summed E-state index contributed by atoms with van der Waals surface area (Å²) in [7, 11) is 0. The summed E-state index contributed by atoms with van der Waals surface area (Å²) in [6.07, 6.45) is 2.31. The lowest BCUT2D eigenvalue weighted by atomic mass is 10.1. The normalized spacial score (nSPS) is 14.2. The van der Waals surface area contributed by atoms with Gasteiger partial charge >= 0.3 is 5.97 Å². The van der Waals surface area contributed by atoms with Crippen molar-refractivity contribution in [2.45, 2.75) is 6.42 Å². The molecule has 1 heterocycles. The van der Waals surface area contributed by atoms with E-state index in [4.69, 9.17) is 21.1 Å². The predicted octanol–water partition coefficient (Wildman–Crippen LogP) is 5.21. The third-order valence-electron chi connectivity index (χ3n) is 4.71. The molecule has 32 heavy (non-hydrogen) atoms. The molecule has 0 unspecified atom stereocenters. The number of hydrogen-bond donors (Lipinski definition) is 0. The molecule has 0 fully saturated rings. The number of benzene rings is 3. The Balaban J connectivity index is 1.55. The molecule has 7 nitrogen and oxygen atoms in total. The van der Waals surface area contributed by atoms with Crippen LogP contribution in [0.5, 0.6) is 5.75 Å². The maximum absolute atomic E-state index is 12.4. The number of nitro benzene ring substituents is 1. The van der Waals surface area contributed by atoms with Gasteiger partial charge < -0.3 is 9.47 Å². The molecular weight excluding hydrogens is 432 g/mol. The molecule has 3 aromatic carbocycles. The zero-order chi connectivity index (χ0) is 22.5. The second kappa shape index (κ2) is 9.45. The van der Waals surface area contributed by atoms with Crippen LogP contribution in [0.1, 0.15) is 16.7 Å². The number of esters is 1. The van der Waals surface area contributed by atoms with Crippen LogP contribution in [0.2, 0.25) is 5.02 Å². The van der Waals surface area contributed by atoms with Gasteiger partial charge in [0.1, 0.15) is 10.8 Å². The van der Waals surface area contributed by atoms with Crippen molar-refractivity contribution in [2.24, 2.45) is 4.99 Å². The van der Waals surface area contributed by atoms with Crippen molar-refractivity contribution in [3.63, 3.8) is 0 Å². The van der Waals surface area contributed by atoms with E-state index in [-0.39, 0.29) is 27.9 Å². The van der Waals surface area contributed by atoms with E-state index in [9.17, 15) is 14.9 Å². The topological polar surface area (TPSA) is 91.0 Å². The molecule has 0 saturated carbocycles. The number of rotatable bonds is 7. The summed E-state index contributed by atoms with van der Waals surface area (Å²) in [5.41, 5.74) is 1.88. The van der Waals surface area contributed by atoms with E-state index in [2.05, 4.69) is 4.99 Å². The second-order valence-corrected chi connectivity index (χ2v) is 7.29. The summed E-state index contributed by atoms with van der Waals surface area (Å²) < 4.78 is 11.1. The Labute approximate surface area is 188 Å². The van der Waals surface area contributed by atoms with E-state index in [1.807, 2.05) is 48.5 Å². The highest BCUT2D eigenvalue weighted by atomic mass is 35.5. The summed E-state index contributed by atoms with van der Waals surface area (Å²) in [5.74, 6) is -0.0744. The van der Waals surface area contributed by atoms with Gasteiger partial charge in [0.15, 0.2) is 5.70 Å². The Kier molecular flexibility index (Phi) is 6.28. The quantitative estimate of drug-likeness (QED) is 0.214. The number of cyclic esters (lactones) is 1. The number of carbonyl (C=O) groups is 1. The van der Waals surface area contributed by atoms with Crippen molar-refractivity contribution in [1.29, 1.82) is 0 Å². The van der Waals surface area contributed by atoms with Gasteiger partial charge in [-0.05, 0) is 29.8 Å². The highest BCUT2D eigenvalue weighted by Crippen LogP contribution is 2.28. The number of nitrogens with zero attached hydrogens (tertiary/aromatic N) is 2. The molecule has 0 amide bonds. The minimum absolute atomic E-state index is 0.0129. The van der Waals surface area contributed by atoms with Gasteiger partial charge in [-0.2, -0.15) is 0 Å². The lowest BCUT2D eigenvalue weighted by molar-refractivity contribution is -0.384. The number of halogens is 1. The SMILES string of the molecule is O=C1OC(c2ccc(Cl)c([N+](=O)[O-])c2)=N/C1=C\c1ccccc1OCCc1ccccc1. The number of para-hydroxylation sites is 1. The van der Waals surface area contributed by atoms with Crippen LogP contribution in [0.25, 0.3) is 6.08 Å². The molecule has 8 heteroatoms. The first-order valence-corrected chi connectivity index (χ1v) is 10.1. The molecular formula is C24H17ClN2O5. The fourth-order valence-electron chi connectivity index (χ4n) is 3.12. The van der Waals surface area contributed by atoms with Crippen LogP contribution in [0.4, 0.5) is 5.69 Å². The Morgan fingerprint density at radius 1 is 1.06 bits per heavy atom. The van der Waals surface area contributed by atoms with Crippen molar-refractivity contribution in [3.8, 4) is 5.75 Å². The first kappa shape index (κ1) is 21.3. The van der Waals surface area contributed by atoms with Crippen LogP contribution in [0.15, 0.2) is 83.5 Å². The molecule has 160 valence electrons. The minimum Gasteiger partial charge on any atom is -0.493 e. The van der Waals surface area contributed by atoms with Crippen LogP contribution in [-0.4, -0.2) is 23.4 Å². The summed E-state index contributed by atoms with van der Waals surface area (Å²) in [5, 5.41) is 11.1. The van der Waals surface area contributed by atoms with Gasteiger partial charge in [0.2, 0.25) is 5.90 Å². The van der Waals surface area contributed by atoms with Gasteiger partial charge in [-0.3, -0.25) is 10.1 Å². The molecule has 4 rings (SSSR count). The maximum atomic E-state index is 12.4. The van der Waals surface area contributed by atoms with E-state index >= 15 is 0 Å². The van der Waals surface area contributed by atoms with Crippen molar-refractivity contribution >= 4 is 35.2 Å². The lowest BCUT2D eigenvalue weighted by Crippen LogP contribution is -2.06. The number of hydrogen-bond acceptors (Lipinski definition) is 6. The molecule has 0 spiro atoms. The lowest BCUT2D eigenvalue weighted by Gasteiger charge is -2.09. The highest BCUT2D eigenvalue weighted by molar-refractivity contribution is 6.32. The van der Waals surface area contributed by atoms with Crippen LogP contribution >= 0.6 is 11.6 Å². The molecule has 0 aliphatic carbocycles. The van der Waals surface area contributed by atoms with Crippen molar-refractivity contribution in [1.82, 2.24) is 0 Å². The first-order chi connectivity index (χ1) is 15.5. The fourth-order valence-corrected chi connectivity index (χ4v) is 3.31. The van der Waals surface area contributed by atoms with Crippen LogP contribution < -0.4 is 4.74 Å². The van der Waals surface area contributed by atoms with Crippen LogP contribution in [0, 0.1) is 10.1 Å². The molecule has 0 radical (unpaired) electrons. The smallest absolute Gasteiger partial charge is 0.363 e. The average Bonchev–Trinajstić information content (AvgIpc) is 3.16. The molecule has 1 aliphatic rings. The van der Waals surface area contributed by atoms with Crippen molar-refractivity contribution in [2.75, 3.05) is 6.61 Å². The van der Waals surface area contributed by atoms with E-state index in [1.165, 1.54) is 18.2 Å². The summed E-state index contributed by atoms with van der Waals surface area (Å²) in [4.78, 5) is 27.1. The first-order valence-electron chi connectivity index (χ1n) is 9.74. The number of nitro groups is 1. The van der Waals surface area contributed by atoms with Crippen molar-refractivity contribution in [3.05, 3.63) is 110 Å². The Morgan fingerprint density at radius 3 is 2.59 bits per heavy atom. The van der Waals surface area contributed by atoms with Crippen LogP contribution in [0.3, 0.4) is 0 Å². The standard InChI is InChI=1S/C24H17ClN2O5/c25-19-11-10-18(15-21(19)27(29)30)23-26-20(24(28)32-23)14-17-8-4-5-9-22(17)31-13-12-16-6-2-1-3-7-16/h1-11,14-15H,12-13H2/b20-14-. The minimum atomic E-state index is -0.656. The van der Waals surface area contributed by atoms with E-state index in [0.717, 1.165) is 12.0 Å². The summed E-state index contributed by atoms with van der Waals surface area (Å²) in [6.45, 7) is 0.470. The van der Waals surface area contributed by atoms with Crippen LogP contribution in [-0.2, 0) is 16.0 Å². The molecule has 0 atom stereocenters. The number of ether oxygens (including phenoxy) is 2. The zero-order valence-corrected chi connectivity index (χ0v) is 17.5. The fraction of sp³-hybridized carbons (Fsp3) is 0.0833.